The molecule has 21 heavy (non-hydrogen) atoms. The molecule has 2 N–H and O–H groups in total. The lowest BCUT2D eigenvalue weighted by Gasteiger charge is -2.21. The number of piperidine rings is 1. The van der Waals surface area contributed by atoms with E-state index in [-0.39, 0.29) is 5.91 Å². The number of aromatic nitrogens is 1. The normalized spacial score (nSPS) is 21.3. The van der Waals surface area contributed by atoms with Gasteiger partial charge in [0.25, 0.3) is 0 Å². The zero-order valence-electron chi connectivity index (χ0n) is 12.3. The highest BCUT2D eigenvalue weighted by atomic mass is 32.1. The van der Waals surface area contributed by atoms with Crippen molar-refractivity contribution in [1.29, 1.82) is 0 Å². The smallest absolute Gasteiger partial charge is 0.226 e. The van der Waals surface area contributed by atoms with Gasteiger partial charge in [-0.25, -0.2) is 4.98 Å². The highest BCUT2D eigenvalue weighted by Crippen LogP contribution is 2.31. The number of hydrogen-bond donors (Lipinski definition) is 2. The summed E-state index contributed by atoms with van der Waals surface area (Å²) in [6, 6.07) is 0. The minimum Gasteiger partial charge on any atom is -0.381 e. The average molecular weight is 309 g/mol. The Bertz CT molecular complexity index is 465. The van der Waals surface area contributed by atoms with E-state index >= 15 is 0 Å². The fraction of sp³-hybridized carbons (Fsp3) is 0.733. The summed E-state index contributed by atoms with van der Waals surface area (Å²) in [5, 5.41) is 7.08. The van der Waals surface area contributed by atoms with Gasteiger partial charge >= 0.3 is 0 Å². The molecule has 0 aliphatic carbocycles. The second kappa shape index (κ2) is 7.33. The Morgan fingerprint density at radius 3 is 2.86 bits per heavy atom. The van der Waals surface area contributed by atoms with Crippen LogP contribution < -0.4 is 10.6 Å². The van der Waals surface area contributed by atoms with Gasteiger partial charge in [-0.2, -0.15) is 0 Å². The summed E-state index contributed by atoms with van der Waals surface area (Å²) in [7, 11) is 0. The van der Waals surface area contributed by atoms with Crippen LogP contribution in [0.15, 0.2) is 6.20 Å². The SMILES string of the molecule is O=C(CC1CCOCC1)Nc1ncc(C2CCNCC2)s1. The van der Waals surface area contributed by atoms with E-state index in [2.05, 4.69) is 15.6 Å². The molecule has 3 heterocycles. The summed E-state index contributed by atoms with van der Waals surface area (Å²) >= 11 is 1.63. The number of ether oxygens (including phenoxy) is 1. The van der Waals surface area contributed by atoms with Crippen LogP contribution in [0.5, 0.6) is 0 Å². The lowest BCUT2D eigenvalue weighted by Crippen LogP contribution is -2.26. The predicted octanol–water partition coefficient (Wildman–Crippen LogP) is 2.37. The Hall–Kier alpha value is -0.980. The first-order valence-electron chi connectivity index (χ1n) is 7.85. The molecule has 3 rings (SSSR count). The first kappa shape index (κ1) is 14.9. The van der Waals surface area contributed by atoms with Crippen LogP contribution in [0, 0.1) is 5.92 Å². The van der Waals surface area contributed by atoms with Crippen molar-refractivity contribution in [2.45, 2.75) is 38.0 Å². The summed E-state index contributed by atoms with van der Waals surface area (Å²) in [6.07, 6.45) is 6.84. The predicted molar refractivity (Wildman–Crippen MR) is 83.7 cm³/mol. The van der Waals surface area contributed by atoms with Crippen molar-refractivity contribution >= 4 is 22.4 Å². The van der Waals surface area contributed by atoms with E-state index in [0.29, 0.717) is 18.3 Å². The topological polar surface area (TPSA) is 63.2 Å². The molecule has 2 aliphatic rings. The fourth-order valence-corrected chi connectivity index (χ4v) is 4.02. The molecule has 1 aromatic heterocycles. The molecule has 0 saturated carbocycles. The van der Waals surface area contributed by atoms with E-state index in [4.69, 9.17) is 4.74 Å². The van der Waals surface area contributed by atoms with Crippen molar-refractivity contribution in [2.75, 3.05) is 31.6 Å². The molecule has 1 aromatic rings. The van der Waals surface area contributed by atoms with Crippen molar-refractivity contribution in [1.82, 2.24) is 10.3 Å². The lowest BCUT2D eigenvalue weighted by molar-refractivity contribution is -0.117. The van der Waals surface area contributed by atoms with Crippen molar-refractivity contribution in [3.63, 3.8) is 0 Å². The van der Waals surface area contributed by atoms with Gasteiger partial charge in [0.1, 0.15) is 0 Å². The first-order valence-corrected chi connectivity index (χ1v) is 8.67. The number of amides is 1. The van der Waals surface area contributed by atoms with Crippen LogP contribution in [0.25, 0.3) is 0 Å². The van der Waals surface area contributed by atoms with E-state index in [1.807, 2.05) is 6.20 Å². The standard InChI is InChI=1S/C15H23N3O2S/c19-14(9-11-3-7-20-8-4-11)18-15-17-10-13(21-15)12-1-5-16-6-2-12/h10-12,16H,1-9H2,(H,17,18,19). The van der Waals surface area contributed by atoms with E-state index in [9.17, 15) is 4.79 Å². The van der Waals surface area contributed by atoms with E-state index in [1.54, 1.807) is 11.3 Å². The highest BCUT2D eigenvalue weighted by molar-refractivity contribution is 7.15. The second-order valence-corrected chi connectivity index (χ2v) is 6.96. The molecule has 0 aromatic carbocycles. The molecule has 1 amide bonds. The Balaban J connectivity index is 1.50. The van der Waals surface area contributed by atoms with Crippen molar-refractivity contribution in [3.05, 3.63) is 11.1 Å². The van der Waals surface area contributed by atoms with Crippen LogP contribution in [-0.4, -0.2) is 37.2 Å². The molecule has 5 nitrogen and oxygen atoms in total. The lowest BCUT2D eigenvalue weighted by atomic mass is 9.96. The number of thiazole rings is 1. The molecule has 0 radical (unpaired) electrons. The minimum atomic E-state index is 0.0908. The van der Waals surface area contributed by atoms with E-state index in [1.165, 1.54) is 4.88 Å². The molecule has 0 atom stereocenters. The zero-order chi connectivity index (χ0) is 14.5. The molecule has 0 bridgehead atoms. The quantitative estimate of drug-likeness (QED) is 0.896. The van der Waals surface area contributed by atoms with Gasteiger partial charge in [0.15, 0.2) is 5.13 Å². The van der Waals surface area contributed by atoms with Crippen LogP contribution in [0.4, 0.5) is 5.13 Å². The molecule has 116 valence electrons. The van der Waals surface area contributed by atoms with Crippen molar-refractivity contribution < 1.29 is 9.53 Å². The third-order valence-corrected chi connectivity index (χ3v) is 5.40. The third kappa shape index (κ3) is 4.25. The van der Waals surface area contributed by atoms with E-state index in [0.717, 1.165) is 57.1 Å². The number of nitrogens with one attached hydrogen (secondary N) is 2. The maximum Gasteiger partial charge on any atom is 0.226 e. The second-order valence-electron chi connectivity index (χ2n) is 5.90. The summed E-state index contributed by atoms with van der Waals surface area (Å²) in [6.45, 7) is 3.73. The molecular formula is C15H23N3O2S. The number of rotatable bonds is 4. The highest BCUT2D eigenvalue weighted by Gasteiger charge is 2.20. The molecular weight excluding hydrogens is 286 g/mol. The summed E-state index contributed by atoms with van der Waals surface area (Å²) in [5.74, 6) is 1.15. The van der Waals surface area contributed by atoms with Crippen LogP contribution in [-0.2, 0) is 9.53 Å². The minimum absolute atomic E-state index is 0.0908. The summed E-state index contributed by atoms with van der Waals surface area (Å²) in [5.41, 5.74) is 0. The maximum atomic E-state index is 12.1. The van der Waals surface area contributed by atoms with Crippen LogP contribution in [0.1, 0.15) is 42.9 Å². The number of hydrogen-bond acceptors (Lipinski definition) is 5. The van der Waals surface area contributed by atoms with Gasteiger partial charge < -0.3 is 15.4 Å². The van der Waals surface area contributed by atoms with Gasteiger partial charge in [-0.05, 0) is 50.6 Å². The average Bonchev–Trinajstić information content (AvgIpc) is 2.97. The monoisotopic (exact) mass is 309 g/mol. The number of nitrogens with zero attached hydrogens (tertiary/aromatic N) is 1. The molecule has 2 saturated heterocycles. The van der Waals surface area contributed by atoms with Crippen molar-refractivity contribution in [2.24, 2.45) is 5.92 Å². The third-order valence-electron chi connectivity index (χ3n) is 4.33. The molecule has 2 fully saturated rings. The van der Waals surface area contributed by atoms with Gasteiger partial charge in [-0.3, -0.25) is 4.79 Å². The number of anilines is 1. The molecule has 2 aliphatic heterocycles. The molecule has 0 spiro atoms. The Labute approximate surface area is 129 Å². The van der Waals surface area contributed by atoms with Crippen LogP contribution in [0.3, 0.4) is 0 Å². The van der Waals surface area contributed by atoms with Gasteiger partial charge in [0.2, 0.25) is 5.91 Å². The maximum absolute atomic E-state index is 12.1. The largest absolute Gasteiger partial charge is 0.381 e. The van der Waals surface area contributed by atoms with Crippen LogP contribution in [0.2, 0.25) is 0 Å². The summed E-state index contributed by atoms with van der Waals surface area (Å²) in [4.78, 5) is 17.7. The Morgan fingerprint density at radius 2 is 2.10 bits per heavy atom. The summed E-state index contributed by atoms with van der Waals surface area (Å²) < 4.78 is 5.32. The first-order chi connectivity index (χ1) is 10.3. The molecule has 0 unspecified atom stereocenters. The Morgan fingerprint density at radius 1 is 1.33 bits per heavy atom. The fourth-order valence-electron chi connectivity index (χ4n) is 3.02. The zero-order valence-corrected chi connectivity index (χ0v) is 13.1. The van der Waals surface area contributed by atoms with Gasteiger partial charge in [-0.15, -0.1) is 11.3 Å². The number of carbonyl (C=O) groups excluding carboxylic acids is 1. The van der Waals surface area contributed by atoms with Crippen LogP contribution >= 0.6 is 11.3 Å². The van der Waals surface area contributed by atoms with E-state index < -0.39 is 0 Å². The van der Waals surface area contributed by atoms with Gasteiger partial charge in [-0.1, -0.05) is 0 Å². The van der Waals surface area contributed by atoms with Gasteiger partial charge in [0, 0.05) is 30.7 Å². The number of carbonyl (C=O) groups is 1. The van der Waals surface area contributed by atoms with Gasteiger partial charge in [0.05, 0.1) is 0 Å². The Kier molecular flexibility index (Phi) is 5.22. The molecule has 6 heteroatoms. The van der Waals surface area contributed by atoms with Crippen molar-refractivity contribution in [3.8, 4) is 0 Å².